The quantitative estimate of drug-likeness (QED) is 0.200. The van der Waals surface area contributed by atoms with Crippen LogP contribution in [0.3, 0.4) is 0 Å². The van der Waals surface area contributed by atoms with Crippen LogP contribution < -0.4 is 0 Å². The lowest BCUT2D eigenvalue weighted by molar-refractivity contribution is 0.318. The fourth-order valence-electron chi connectivity index (χ4n) is 6.94. The number of nitrogens with zero attached hydrogens (tertiary/aromatic N) is 5. The summed E-state index contributed by atoms with van der Waals surface area (Å²) in [7, 11) is 0. The summed E-state index contributed by atoms with van der Waals surface area (Å²) in [5.41, 5.74) is 7.10. The second-order valence-corrected chi connectivity index (χ2v) is 12.1. The third kappa shape index (κ3) is 5.29. The molecule has 0 bridgehead atoms. The average Bonchev–Trinajstić information content (AvgIpc) is 3.14. The Kier molecular flexibility index (Phi) is 7.24. The van der Waals surface area contributed by atoms with Crippen molar-refractivity contribution in [2.75, 3.05) is 0 Å². The van der Waals surface area contributed by atoms with Gasteiger partial charge in [0, 0.05) is 29.2 Å². The van der Waals surface area contributed by atoms with E-state index in [9.17, 15) is 5.26 Å². The summed E-state index contributed by atoms with van der Waals surface area (Å²) >= 11 is 0. The zero-order valence-electron chi connectivity index (χ0n) is 25.3. The summed E-state index contributed by atoms with van der Waals surface area (Å²) < 4.78 is 0. The first-order chi connectivity index (χ1) is 22.7. The molecule has 1 aliphatic carbocycles. The van der Waals surface area contributed by atoms with Crippen molar-refractivity contribution in [1.29, 1.82) is 5.26 Å². The van der Waals surface area contributed by atoms with E-state index in [2.05, 4.69) is 91.0 Å². The molecule has 5 aromatic carbocycles. The van der Waals surface area contributed by atoms with Crippen LogP contribution in [-0.4, -0.2) is 27.2 Å². The predicted molar refractivity (Wildman–Crippen MR) is 185 cm³/mol. The zero-order valence-corrected chi connectivity index (χ0v) is 25.3. The monoisotopic (exact) mass is 593 g/mol. The van der Waals surface area contributed by atoms with E-state index in [1.54, 1.807) is 0 Å². The molecule has 0 N–H and O–H groups in total. The Hall–Kier alpha value is -5.73. The number of aliphatic imine (C=N–C) groups is 1. The Balaban J connectivity index is 1.21. The number of hydrogen-bond donors (Lipinski definition) is 0. The molecule has 6 aromatic rings. The van der Waals surface area contributed by atoms with Crippen molar-refractivity contribution in [2.45, 2.75) is 31.2 Å². The van der Waals surface area contributed by atoms with E-state index in [0.717, 1.165) is 58.5 Å². The van der Waals surface area contributed by atoms with Gasteiger partial charge >= 0.3 is 0 Å². The fraction of sp³-hybridized carbons (Fsp3) is 0.146. The second-order valence-electron chi connectivity index (χ2n) is 12.1. The van der Waals surface area contributed by atoms with Gasteiger partial charge in [0.05, 0.1) is 17.7 Å². The highest BCUT2D eigenvalue weighted by atomic mass is 15.0. The van der Waals surface area contributed by atoms with Crippen molar-refractivity contribution >= 4 is 17.0 Å². The zero-order chi connectivity index (χ0) is 30.9. The van der Waals surface area contributed by atoms with E-state index in [1.807, 2.05) is 48.7 Å². The van der Waals surface area contributed by atoms with Crippen molar-refractivity contribution in [2.24, 2.45) is 10.9 Å². The largest absolute Gasteiger partial charge is 0.289 e. The normalized spacial score (nSPS) is 18.6. The van der Waals surface area contributed by atoms with Crippen LogP contribution in [0, 0.1) is 17.2 Å². The standard InChI is InChI=1S/C41H31N5/c42-26-27-15-17-28(18-16-27)34-20-21-35(37-14-5-4-13-36(34)37)30-10-6-11-32(24-30)40-44-39(29-8-2-1-3-9-29)45-41(46-40)33-19-22-38-31(25-33)12-7-23-43-38/h1-18,20-21,23-24,31,33,38H,19,22,25H2/t31?,33?,38-/m1/s1. The number of benzene rings is 5. The predicted octanol–water partition coefficient (Wildman–Crippen LogP) is 9.46. The van der Waals surface area contributed by atoms with E-state index in [-0.39, 0.29) is 5.92 Å². The van der Waals surface area contributed by atoms with Crippen LogP contribution in [0.1, 0.15) is 36.6 Å². The van der Waals surface area contributed by atoms with Crippen LogP contribution in [0.15, 0.2) is 132 Å². The summed E-state index contributed by atoms with van der Waals surface area (Å²) in [5, 5.41) is 11.6. The van der Waals surface area contributed by atoms with E-state index in [0.29, 0.717) is 29.2 Å². The molecule has 0 amide bonds. The van der Waals surface area contributed by atoms with Gasteiger partial charge in [-0.2, -0.15) is 5.26 Å². The molecule has 1 saturated carbocycles. The lowest BCUT2D eigenvalue weighted by Gasteiger charge is -2.33. The molecular formula is C41H31N5. The molecule has 2 unspecified atom stereocenters. The second kappa shape index (κ2) is 12.0. The molecule has 0 spiro atoms. The summed E-state index contributed by atoms with van der Waals surface area (Å²) in [5.74, 6) is 2.96. The number of fused-ring (bicyclic) bond motifs is 2. The highest BCUT2D eigenvalue weighted by Crippen LogP contribution is 2.40. The summed E-state index contributed by atoms with van der Waals surface area (Å²) in [6.07, 6.45) is 9.36. The molecule has 46 heavy (non-hydrogen) atoms. The first-order valence-corrected chi connectivity index (χ1v) is 15.9. The number of dihydropyridines is 1. The van der Waals surface area contributed by atoms with E-state index in [1.165, 1.54) is 10.8 Å². The molecule has 8 rings (SSSR count). The molecule has 3 atom stereocenters. The van der Waals surface area contributed by atoms with Crippen LogP contribution in [0.2, 0.25) is 0 Å². The van der Waals surface area contributed by atoms with Gasteiger partial charge in [0.15, 0.2) is 11.6 Å². The summed E-state index contributed by atoms with van der Waals surface area (Å²) in [4.78, 5) is 20.0. The van der Waals surface area contributed by atoms with Crippen molar-refractivity contribution in [3.05, 3.63) is 139 Å². The van der Waals surface area contributed by atoms with Gasteiger partial charge in [0.1, 0.15) is 5.82 Å². The fourth-order valence-corrected chi connectivity index (χ4v) is 6.94. The SMILES string of the molecule is N#Cc1ccc(-c2ccc(-c3cccc(-c4nc(-c5ccccc5)nc(C5CC[C@H]6N=CC=CC6C5)n4)c3)c3ccccc23)cc1. The third-order valence-corrected chi connectivity index (χ3v) is 9.31. The van der Waals surface area contributed by atoms with E-state index >= 15 is 0 Å². The van der Waals surface area contributed by atoms with Crippen molar-refractivity contribution in [3.8, 4) is 51.1 Å². The minimum Gasteiger partial charge on any atom is -0.289 e. The minimum atomic E-state index is 0.255. The number of nitriles is 1. The Morgan fingerprint density at radius 3 is 2.04 bits per heavy atom. The molecule has 0 radical (unpaired) electrons. The van der Waals surface area contributed by atoms with Gasteiger partial charge in [-0.05, 0) is 76.6 Å². The molecule has 1 fully saturated rings. The van der Waals surface area contributed by atoms with Gasteiger partial charge < -0.3 is 0 Å². The summed E-state index contributed by atoms with van der Waals surface area (Å²) in [6.45, 7) is 0. The summed E-state index contributed by atoms with van der Waals surface area (Å²) in [6, 6.07) is 42.0. The number of rotatable bonds is 5. The van der Waals surface area contributed by atoms with E-state index in [4.69, 9.17) is 19.9 Å². The molecule has 220 valence electrons. The van der Waals surface area contributed by atoms with Gasteiger partial charge in [-0.3, -0.25) is 4.99 Å². The van der Waals surface area contributed by atoms with Gasteiger partial charge in [-0.15, -0.1) is 0 Å². The molecule has 1 aliphatic heterocycles. The lowest BCUT2D eigenvalue weighted by Crippen LogP contribution is -2.28. The smallest absolute Gasteiger partial charge is 0.163 e. The third-order valence-electron chi connectivity index (χ3n) is 9.31. The lowest BCUT2D eigenvalue weighted by atomic mass is 9.77. The van der Waals surface area contributed by atoms with Crippen LogP contribution >= 0.6 is 0 Å². The van der Waals surface area contributed by atoms with Gasteiger partial charge in [0.25, 0.3) is 0 Å². The first kappa shape index (κ1) is 27.8. The Labute approximate surface area is 268 Å². The van der Waals surface area contributed by atoms with Gasteiger partial charge in [-0.1, -0.05) is 103 Å². The maximum absolute atomic E-state index is 9.27. The van der Waals surface area contributed by atoms with Crippen LogP contribution in [-0.2, 0) is 0 Å². The molecule has 2 heterocycles. The van der Waals surface area contributed by atoms with Gasteiger partial charge in [-0.25, -0.2) is 15.0 Å². The highest BCUT2D eigenvalue weighted by molar-refractivity contribution is 6.05. The topological polar surface area (TPSA) is 74.8 Å². The van der Waals surface area contributed by atoms with Crippen molar-refractivity contribution in [1.82, 2.24) is 15.0 Å². The Morgan fingerprint density at radius 1 is 0.609 bits per heavy atom. The molecule has 5 heteroatoms. The highest BCUT2D eigenvalue weighted by Gasteiger charge is 2.32. The molecular weight excluding hydrogens is 562 g/mol. The molecule has 0 saturated heterocycles. The Morgan fingerprint density at radius 2 is 1.28 bits per heavy atom. The van der Waals surface area contributed by atoms with Crippen LogP contribution in [0.4, 0.5) is 0 Å². The van der Waals surface area contributed by atoms with Crippen molar-refractivity contribution in [3.63, 3.8) is 0 Å². The van der Waals surface area contributed by atoms with E-state index < -0.39 is 0 Å². The van der Waals surface area contributed by atoms with Gasteiger partial charge in [0.2, 0.25) is 0 Å². The maximum Gasteiger partial charge on any atom is 0.163 e. The molecule has 2 aliphatic rings. The Bertz CT molecular complexity index is 2160. The van der Waals surface area contributed by atoms with Crippen molar-refractivity contribution < 1.29 is 0 Å². The maximum atomic E-state index is 9.27. The minimum absolute atomic E-state index is 0.255. The number of aromatic nitrogens is 3. The molecule has 5 nitrogen and oxygen atoms in total. The molecule has 1 aromatic heterocycles. The number of hydrogen-bond acceptors (Lipinski definition) is 5. The number of allylic oxidation sites excluding steroid dienone is 1. The average molecular weight is 594 g/mol. The first-order valence-electron chi connectivity index (χ1n) is 15.9. The van der Waals surface area contributed by atoms with Crippen LogP contribution in [0.5, 0.6) is 0 Å². The van der Waals surface area contributed by atoms with Crippen LogP contribution in [0.25, 0.3) is 55.8 Å².